The topological polar surface area (TPSA) is 75.6 Å². The third-order valence-electron chi connectivity index (χ3n) is 4.12. The number of hydrogen-bond donors (Lipinski definition) is 2. The van der Waals surface area contributed by atoms with Crippen molar-refractivity contribution in [3.05, 3.63) is 30.4 Å². The first-order valence-corrected chi connectivity index (χ1v) is 9.02. The molecular formula is C15H21N5OS. The Balaban J connectivity index is 1.66. The highest BCUT2D eigenvalue weighted by molar-refractivity contribution is 7.98. The van der Waals surface area contributed by atoms with E-state index in [1.807, 2.05) is 35.3 Å². The number of anilines is 1. The maximum atomic E-state index is 12.5. The van der Waals surface area contributed by atoms with Crippen LogP contribution in [0.25, 0.3) is 0 Å². The van der Waals surface area contributed by atoms with Gasteiger partial charge in [-0.1, -0.05) is 6.42 Å². The lowest BCUT2D eigenvalue weighted by Crippen LogP contribution is -2.26. The van der Waals surface area contributed by atoms with Crippen molar-refractivity contribution >= 4 is 23.6 Å². The molecule has 7 heteroatoms. The molecule has 1 atom stereocenters. The number of nitrogens with zero attached hydrogens (tertiary/aromatic N) is 3. The van der Waals surface area contributed by atoms with Crippen molar-refractivity contribution in [3.63, 3.8) is 0 Å². The summed E-state index contributed by atoms with van der Waals surface area (Å²) in [6.45, 7) is 0. The van der Waals surface area contributed by atoms with Crippen LogP contribution in [-0.4, -0.2) is 37.7 Å². The molecule has 0 spiro atoms. The molecule has 2 heterocycles. The van der Waals surface area contributed by atoms with Gasteiger partial charge in [-0.25, -0.2) is 0 Å². The monoisotopic (exact) mass is 319 g/mol. The number of nitrogens with one attached hydrogen (secondary N) is 2. The summed E-state index contributed by atoms with van der Waals surface area (Å²) >= 11 is 1.74. The molecule has 0 aromatic carbocycles. The smallest absolute Gasteiger partial charge is 0.249 e. The molecule has 1 aliphatic carbocycles. The molecule has 1 aliphatic rings. The minimum absolute atomic E-state index is 0.0654. The van der Waals surface area contributed by atoms with Gasteiger partial charge < -0.3 is 4.57 Å². The minimum Gasteiger partial charge on any atom is -0.342 e. The molecule has 118 valence electrons. The van der Waals surface area contributed by atoms with Gasteiger partial charge in [0.05, 0.1) is 0 Å². The minimum atomic E-state index is -0.229. The van der Waals surface area contributed by atoms with E-state index in [1.165, 1.54) is 6.42 Å². The molecule has 1 fully saturated rings. The van der Waals surface area contributed by atoms with Crippen LogP contribution >= 0.6 is 11.8 Å². The number of aromatic nitrogens is 4. The van der Waals surface area contributed by atoms with Crippen molar-refractivity contribution in [1.82, 2.24) is 19.7 Å². The highest BCUT2D eigenvalue weighted by Gasteiger charge is 2.25. The normalized spacial score (nSPS) is 16.2. The predicted octanol–water partition coefficient (Wildman–Crippen LogP) is 2.81. The van der Waals surface area contributed by atoms with Gasteiger partial charge in [-0.2, -0.15) is 16.7 Å². The Morgan fingerprint density at radius 3 is 2.91 bits per heavy atom. The van der Waals surface area contributed by atoms with Crippen molar-refractivity contribution in [1.29, 1.82) is 0 Å². The molecule has 6 nitrogen and oxygen atoms in total. The van der Waals surface area contributed by atoms with E-state index in [2.05, 4.69) is 20.5 Å². The summed E-state index contributed by atoms with van der Waals surface area (Å²) in [5.74, 6) is 2.62. The molecule has 0 saturated heterocycles. The van der Waals surface area contributed by atoms with Gasteiger partial charge in [-0.3, -0.25) is 15.2 Å². The number of H-pyrrole nitrogens is 1. The Hall–Kier alpha value is -1.76. The van der Waals surface area contributed by atoms with Crippen LogP contribution in [0.2, 0.25) is 0 Å². The highest BCUT2D eigenvalue weighted by Crippen LogP contribution is 2.34. The van der Waals surface area contributed by atoms with Crippen molar-refractivity contribution < 1.29 is 4.79 Å². The SMILES string of the molecule is CSCC[C@@H](C(=O)Nc1n[nH]c(C2CCC2)n1)n1cccc1. The largest absolute Gasteiger partial charge is 0.342 e. The van der Waals surface area contributed by atoms with Gasteiger partial charge in [-0.15, -0.1) is 5.10 Å². The first-order valence-electron chi connectivity index (χ1n) is 7.62. The maximum absolute atomic E-state index is 12.5. The van der Waals surface area contributed by atoms with Crippen LogP contribution in [0.5, 0.6) is 0 Å². The van der Waals surface area contributed by atoms with Gasteiger partial charge in [0.1, 0.15) is 11.9 Å². The fourth-order valence-electron chi connectivity index (χ4n) is 2.59. The fraction of sp³-hybridized carbons (Fsp3) is 0.533. The number of rotatable bonds is 7. The number of amides is 1. The first-order chi connectivity index (χ1) is 10.8. The Bertz CT molecular complexity index is 605. The lowest BCUT2D eigenvalue weighted by Gasteiger charge is -2.22. The van der Waals surface area contributed by atoms with E-state index in [9.17, 15) is 4.79 Å². The van der Waals surface area contributed by atoms with Crippen molar-refractivity contribution in [2.45, 2.75) is 37.6 Å². The molecule has 0 aliphatic heterocycles. The van der Waals surface area contributed by atoms with E-state index in [0.717, 1.165) is 30.8 Å². The molecule has 2 aromatic heterocycles. The van der Waals surface area contributed by atoms with Crippen LogP contribution < -0.4 is 5.32 Å². The van der Waals surface area contributed by atoms with Gasteiger partial charge in [0.15, 0.2) is 0 Å². The zero-order valence-corrected chi connectivity index (χ0v) is 13.5. The zero-order valence-electron chi connectivity index (χ0n) is 12.7. The Labute approximate surface area is 134 Å². The summed E-state index contributed by atoms with van der Waals surface area (Å²) in [4.78, 5) is 16.9. The number of carbonyl (C=O) groups excluding carboxylic acids is 1. The second-order valence-corrected chi connectivity index (χ2v) is 6.57. The molecule has 0 radical (unpaired) electrons. The average Bonchev–Trinajstić information content (AvgIpc) is 3.10. The second kappa shape index (κ2) is 7.00. The summed E-state index contributed by atoms with van der Waals surface area (Å²) in [5, 5.41) is 9.90. The highest BCUT2D eigenvalue weighted by atomic mass is 32.2. The summed E-state index contributed by atoms with van der Waals surface area (Å²) < 4.78 is 1.94. The van der Waals surface area contributed by atoms with Crippen molar-refractivity contribution in [2.24, 2.45) is 0 Å². The maximum Gasteiger partial charge on any atom is 0.249 e. The standard InChI is InChI=1S/C15H21N5OS/c1-22-10-7-12(20-8-2-3-9-20)14(21)17-15-16-13(18-19-15)11-5-4-6-11/h2-3,8-9,11-12H,4-7,10H2,1H3,(H2,16,17,18,19,21)/t12-/m0/s1. The van der Waals surface area contributed by atoms with Crippen LogP contribution in [0.3, 0.4) is 0 Å². The van der Waals surface area contributed by atoms with Crippen LogP contribution in [-0.2, 0) is 4.79 Å². The molecule has 3 rings (SSSR count). The van der Waals surface area contributed by atoms with E-state index in [0.29, 0.717) is 11.9 Å². The van der Waals surface area contributed by atoms with E-state index in [4.69, 9.17) is 0 Å². The van der Waals surface area contributed by atoms with Gasteiger partial charge in [-0.05, 0) is 43.4 Å². The van der Waals surface area contributed by atoms with Crippen LogP contribution in [0, 0.1) is 0 Å². The van der Waals surface area contributed by atoms with E-state index >= 15 is 0 Å². The zero-order chi connectivity index (χ0) is 15.4. The number of thioether (sulfide) groups is 1. The fourth-order valence-corrected chi connectivity index (χ4v) is 3.05. The van der Waals surface area contributed by atoms with Gasteiger partial charge in [0, 0.05) is 18.3 Å². The van der Waals surface area contributed by atoms with Crippen LogP contribution in [0.4, 0.5) is 5.95 Å². The van der Waals surface area contributed by atoms with Crippen LogP contribution in [0.15, 0.2) is 24.5 Å². The summed E-state index contributed by atoms with van der Waals surface area (Å²) in [6, 6.07) is 3.63. The number of hydrogen-bond acceptors (Lipinski definition) is 4. The van der Waals surface area contributed by atoms with Gasteiger partial charge in [0.2, 0.25) is 11.9 Å². The number of aromatic amines is 1. The number of carbonyl (C=O) groups is 1. The Morgan fingerprint density at radius 1 is 1.50 bits per heavy atom. The second-order valence-electron chi connectivity index (χ2n) is 5.59. The first kappa shape index (κ1) is 15.1. The summed E-state index contributed by atoms with van der Waals surface area (Å²) in [7, 11) is 0. The van der Waals surface area contributed by atoms with Gasteiger partial charge >= 0.3 is 0 Å². The molecule has 2 aromatic rings. The van der Waals surface area contributed by atoms with E-state index in [-0.39, 0.29) is 11.9 Å². The molecule has 0 unspecified atom stereocenters. The predicted molar refractivity (Wildman–Crippen MR) is 88.1 cm³/mol. The molecule has 1 saturated carbocycles. The molecular weight excluding hydrogens is 298 g/mol. The quantitative estimate of drug-likeness (QED) is 0.823. The van der Waals surface area contributed by atoms with E-state index < -0.39 is 0 Å². The van der Waals surface area contributed by atoms with Crippen LogP contribution in [0.1, 0.15) is 43.5 Å². The van der Waals surface area contributed by atoms with Gasteiger partial charge in [0.25, 0.3) is 0 Å². The Morgan fingerprint density at radius 2 is 2.27 bits per heavy atom. The molecule has 1 amide bonds. The third kappa shape index (κ3) is 3.35. The molecule has 0 bridgehead atoms. The average molecular weight is 319 g/mol. The third-order valence-corrected chi connectivity index (χ3v) is 4.76. The summed E-state index contributed by atoms with van der Waals surface area (Å²) in [6.07, 6.45) is 10.2. The lowest BCUT2D eigenvalue weighted by atomic mass is 9.85. The molecule has 22 heavy (non-hydrogen) atoms. The molecule has 2 N–H and O–H groups in total. The van der Waals surface area contributed by atoms with Crippen molar-refractivity contribution in [2.75, 3.05) is 17.3 Å². The van der Waals surface area contributed by atoms with E-state index in [1.54, 1.807) is 11.8 Å². The summed E-state index contributed by atoms with van der Waals surface area (Å²) in [5.41, 5.74) is 0. The van der Waals surface area contributed by atoms with Crippen molar-refractivity contribution in [3.8, 4) is 0 Å². The lowest BCUT2D eigenvalue weighted by molar-refractivity contribution is -0.119. The Kier molecular flexibility index (Phi) is 4.82.